The Morgan fingerprint density at radius 3 is 2.40 bits per heavy atom. The molecule has 0 amide bonds. The molecule has 2 rings (SSSR count). The van der Waals surface area contributed by atoms with E-state index in [2.05, 4.69) is 10.2 Å². The fourth-order valence-corrected chi connectivity index (χ4v) is 1.53. The first-order valence-electron chi connectivity index (χ1n) is 4.79. The number of aryl methyl sites for hydroxylation is 2. The van der Waals surface area contributed by atoms with Crippen molar-refractivity contribution in [1.82, 2.24) is 19.6 Å². The first-order chi connectivity index (χ1) is 7.15. The monoisotopic (exact) mass is 206 g/mol. The van der Waals surface area contributed by atoms with Crippen LogP contribution in [0.5, 0.6) is 0 Å². The summed E-state index contributed by atoms with van der Waals surface area (Å²) in [6.07, 6.45) is 7.23. The van der Waals surface area contributed by atoms with Gasteiger partial charge < -0.3 is 5.11 Å². The summed E-state index contributed by atoms with van der Waals surface area (Å²) in [4.78, 5) is 0. The molecule has 1 N–H and O–H groups in total. The number of aliphatic hydroxyl groups is 1. The number of rotatable bonds is 3. The second-order valence-electron chi connectivity index (χ2n) is 3.69. The summed E-state index contributed by atoms with van der Waals surface area (Å²) in [6.45, 7) is 0. The minimum atomic E-state index is -0.511. The summed E-state index contributed by atoms with van der Waals surface area (Å²) in [5.74, 6) is 0. The molecule has 2 heterocycles. The fourth-order valence-electron chi connectivity index (χ4n) is 1.53. The highest BCUT2D eigenvalue weighted by atomic mass is 16.3. The van der Waals surface area contributed by atoms with Crippen LogP contribution >= 0.6 is 0 Å². The zero-order chi connectivity index (χ0) is 10.8. The van der Waals surface area contributed by atoms with Crippen LogP contribution in [-0.4, -0.2) is 24.7 Å². The van der Waals surface area contributed by atoms with E-state index in [0.29, 0.717) is 6.42 Å². The van der Waals surface area contributed by atoms with Crippen molar-refractivity contribution < 1.29 is 5.11 Å². The largest absolute Gasteiger partial charge is 0.388 e. The molecule has 0 fully saturated rings. The molecule has 0 aliphatic rings. The summed E-state index contributed by atoms with van der Waals surface area (Å²) >= 11 is 0. The van der Waals surface area contributed by atoms with Crippen molar-refractivity contribution in [3.63, 3.8) is 0 Å². The minimum Gasteiger partial charge on any atom is -0.388 e. The van der Waals surface area contributed by atoms with Gasteiger partial charge in [-0.2, -0.15) is 10.2 Å². The van der Waals surface area contributed by atoms with E-state index in [4.69, 9.17) is 0 Å². The van der Waals surface area contributed by atoms with Crippen molar-refractivity contribution in [2.45, 2.75) is 12.5 Å². The summed E-state index contributed by atoms with van der Waals surface area (Å²) < 4.78 is 3.41. The van der Waals surface area contributed by atoms with Gasteiger partial charge in [-0.25, -0.2) is 0 Å². The first kappa shape index (κ1) is 9.92. The molecule has 1 atom stereocenters. The van der Waals surface area contributed by atoms with Gasteiger partial charge in [0.25, 0.3) is 0 Å². The Morgan fingerprint density at radius 1 is 1.20 bits per heavy atom. The van der Waals surface area contributed by atoms with Crippen LogP contribution in [0.15, 0.2) is 24.8 Å². The van der Waals surface area contributed by atoms with Gasteiger partial charge in [0.1, 0.15) is 0 Å². The van der Waals surface area contributed by atoms with E-state index in [0.717, 1.165) is 11.1 Å². The normalized spacial score (nSPS) is 13.0. The van der Waals surface area contributed by atoms with Gasteiger partial charge in [0.2, 0.25) is 0 Å². The number of nitrogens with zero attached hydrogens (tertiary/aromatic N) is 4. The van der Waals surface area contributed by atoms with Gasteiger partial charge in [0.05, 0.1) is 18.5 Å². The lowest BCUT2D eigenvalue weighted by Crippen LogP contribution is -2.00. The Balaban J connectivity index is 2.06. The van der Waals surface area contributed by atoms with Crippen LogP contribution in [0.2, 0.25) is 0 Å². The van der Waals surface area contributed by atoms with Crippen molar-refractivity contribution >= 4 is 0 Å². The summed E-state index contributed by atoms with van der Waals surface area (Å²) in [6, 6.07) is 0. The molecule has 0 saturated heterocycles. The molecule has 0 spiro atoms. The quantitative estimate of drug-likeness (QED) is 0.792. The van der Waals surface area contributed by atoms with Crippen molar-refractivity contribution in [1.29, 1.82) is 0 Å². The fraction of sp³-hybridized carbons (Fsp3) is 0.400. The van der Waals surface area contributed by atoms with Crippen LogP contribution in [0, 0.1) is 0 Å². The Kier molecular flexibility index (Phi) is 2.55. The third-order valence-corrected chi connectivity index (χ3v) is 2.30. The van der Waals surface area contributed by atoms with E-state index in [1.165, 1.54) is 0 Å². The van der Waals surface area contributed by atoms with Gasteiger partial charge in [-0.05, 0) is 5.56 Å². The molecule has 0 radical (unpaired) electrons. The number of hydrogen-bond acceptors (Lipinski definition) is 3. The van der Waals surface area contributed by atoms with E-state index in [-0.39, 0.29) is 0 Å². The Bertz CT molecular complexity index is 446. The summed E-state index contributed by atoms with van der Waals surface area (Å²) in [5, 5.41) is 18.0. The Hall–Kier alpha value is -1.62. The van der Waals surface area contributed by atoms with Gasteiger partial charge in [-0.3, -0.25) is 9.36 Å². The van der Waals surface area contributed by atoms with Crippen molar-refractivity contribution in [2.24, 2.45) is 14.1 Å². The molecule has 15 heavy (non-hydrogen) atoms. The predicted octanol–water partition coefficient (Wildman–Crippen LogP) is 0.430. The number of aliphatic hydroxyl groups excluding tert-OH is 1. The van der Waals surface area contributed by atoms with E-state index in [9.17, 15) is 5.11 Å². The van der Waals surface area contributed by atoms with Crippen LogP contribution in [0.1, 0.15) is 17.2 Å². The Morgan fingerprint density at radius 2 is 1.87 bits per heavy atom. The van der Waals surface area contributed by atoms with E-state index in [1.807, 2.05) is 26.5 Å². The topological polar surface area (TPSA) is 55.9 Å². The number of aromatic nitrogens is 4. The standard InChI is InChI=1S/C10H14N4O/c1-13-6-8(4-11-13)3-10(15)9-5-12-14(2)7-9/h4-7,10,15H,3H2,1-2H3. The SMILES string of the molecule is Cn1cc(CC(O)c2cnn(C)c2)cn1. The lowest BCUT2D eigenvalue weighted by Gasteiger charge is -2.05. The Labute approximate surface area is 88.0 Å². The predicted molar refractivity (Wildman–Crippen MR) is 55.1 cm³/mol. The minimum absolute atomic E-state index is 0.511. The van der Waals surface area contributed by atoms with Crippen molar-refractivity contribution in [3.8, 4) is 0 Å². The molecule has 0 aromatic carbocycles. The molecule has 5 heteroatoms. The molecule has 5 nitrogen and oxygen atoms in total. The maximum absolute atomic E-state index is 9.91. The van der Waals surface area contributed by atoms with Crippen LogP contribution in [0.25, 0.3) is 0 Å². The van der Waals surface area contributed by atoms with Gasteiger partial charge in [0.15, 0.2) is 0 Å². The van der Waals surface area contributed by atoms with Gasteiger partial charge in [-0.1, -0.05) is 0 Å². The van der Waals surface area contributed by atoms with Gasteiger partial charge in [-0.15, -0.1) is 0 Å². The zero-order valence-corrected chi connectivity index (χ0v) is 8.83. The summed E-state index contributed by atoms with van der Waals surface area (Å²) in [5.41, 5.74) is 1.86. The smallest absolute Gasteiger partial charge is 0.0861 e. The highest BCUT2D eigenvalue weighted by Gasteiger charge is 2.11. The molecule has 0 aliphatic carbocycles. The molecule has 2 aromatic heterocycles. The lowest BCUT2D eigenvalue weighted by atomic mass is 10.1. The van der Waals surface area contributed by atoms with Crippen LogP contribution in [0.3, 0.4) is 0 Å². The van der Waals surface area contributed by atoms with Crippen LogP contribution in [-0.2, 0) is 20.5 Å². The average molecular weight is 206 g/mol. The lowest BCUT2D eigenvalue weighted by molar-refractivity contribution is 0.178. The highest BCUT2D eigenvalue weighted by Crippen LogP contribution is 2.16. The van der Waals surface area contributed by atoms with Gasteiger partial charge >= 0.3 is 0 Å². The molecular formula is C10H14N4O. The molecule has 0 saturated carbocycles. The first-order valence-corrected chi connectivity index (χ1v) is 4.79. The van der Waals surface area contributed by atoms with E-state index < -0.39 is 6.10 Å². The maximum atomic E-state index is 9.91. The molecule has 0 bridgehead atoms. The molecule has 1 unspecified atom stereocenters. The molecule has 80 valence electrons. The molecular weight excluding hydrogens is 192 g/mol. The van der Waals surface area contributed by atoms with Crippen molar-refractivity contribution in [3.05, 3.63) is 35.9 Å². The second kappa shape index (κ2) is 3.86. The maximum Gasteiger partial charge on any atom is 0.0861 e. The van der Waals surface area contributed by atoms with Crippen LogP contribution < -0.4 is 0 Å². The highest BCUT2D eigenvalue weighted by molar-refractivity contribution is 5.13. The average Bonchev–Trinajstić information content (AvgIpc) is 2.75. The number of hydrogen-bond donors (Lipinski definition) is 1. The van der Waals surface area contributed by atoms with E-state index >= 15 is 0 Å². The summed E-state index contributed by atoms with van der Waals surface area (Å²) in [7, 11) is 3.69. The molecule has 0 aliphatic heterocycles. The molecule has 2 aromatic rings. The van der Waals surface area contributed by atoms with Crippen molar-refractivity contribution in [2.75, 3.05) is 0 Å². The van der Waals surface area contributed by atoms with Crippen LogP contribution in [0.4, 0.5) is 0 Å². The second-order valence-corrected chi connectivity index (χ2v) is 3.69. The zero-order valence-electron chi connectivity index (χ0n) is 8.83. The van der Waals surface area contributed by atoms with Gasteiger partial charge in [0, 0.05) is 38.5 Å². The third-order valence-electron chi connectivity index (χ3n) is 2.30. The third kappa shape index (κ3) is 2.24. The van der Waals surface area contributed by atoms with E-state index in [1.54, 1.807) is 21.8 Å².